The Kier molecular flexibility index (Phi) is 3.67. The molecule has 17 heavy (non-hydrogen) atoms. The summed E-state index contributed by atoms with van der Waals surface area (Å²) in [6.07, 6.45) is 3.21. The predicted molar refractivity (Wildman–Crippen MR) is 71.2 cm³/mol. The van der Waals surface area contributed by atoms with Gasteiger partial charge in [-0.15, -0.1) is 0 Å². The lowest BCUT2D eigenvalue weighted by Gasteiger charge is -2.03. The van der Waals surface area contributed by atoms with Crippen molar-refractivity contribution < 1.29 is 5.11 Å². The Balaban J connectivity index is 2.37. The molecule has 0 unspecified atom stereocenters. The fourth-order valence-corrected chi connectivity index (χ4v) is 1.88. The lowest BCUT2D eigenvalue weighted by Crippen LogP contribution is -1.86. The van der Waals surface area contributed by atoms with E-state index in [0.717, 1.165) is 0 Å². The van der Waals surface area contributed by atoms with E-state index in [1.54, 1.807) is 36.5 Å². The Hall–Kier alpha value is -1.51. The second-order valence-corrected chi connectivity index (χ2v) is 4.25. The van der Waals surface area contributed by atoms with Crippen molar-refractivity contribution in [2.45, 2.75) is 0 Å². The molecule has 1 heterocycles. The quantitative estimate of drug-likeness (QED) is 0.815. The zero-order valence-corrected chi connectivity index (χ0v) is 10.3. The van der Waals surface area contributed by atoms with Crippen molar-refractivity contribution in [3.63, 3.8) is 0 Å². The van der Waals surface area contributed by atoms with Gasteiger partial charge in [-0.25, -0.2) is 0 Å². The van der Waals surface area contributed by atoms with Crippen LogP contribution in [0.25, 0.3) is 11.8 Å². The van der Waals surface area contributed by atoms with Crippen molar-refractivity contribution in [1.29, 1.82) is 0 Å². The molecule has 86 valence electrons. The lowest BCUT2D eigenvalue weighted by atomic mass is 10.1. The topological polar surface area (TPSA) is 33.1 Å². The zero-order valence-electron chi connectivity index (χ0n) is 8.77. The van der Waals surface area contributed by atoms with Crippen LogP contribution in [-0.4, -0.2) is 10.1 Å². The van der Waals surface area contributed by atoms with Gasteiger partial charge in [-0.3, -0.25) is 4.98 Å². The third-order valence-corrected chi connectivity index (χ3v) is 2.73. The van der Waals surface area contributed by atoms with E-state index in [9.17, 15) is 5.11 Å². The first-order valence-corrected chi connectivity index (χ1v) is 5.69. The monoisotopic (exact) mass is 265 g/mol. The van der Waals surface area contributed by atoms with Crippen LogP contribution in [0.2, 0.25) is 10.0 Å². The second kappa shape index (κ2) is 5.21. The molecule has 2 rings (SSSR count). The van der Waals surface area contributed by atoms with Gasteiger partial charge < -0.3 is 5.11 Å². The minimum absolute atomic E-state index is 0.0605. The number of rotatable bonds is 2. The molecule has 0 bridgehead atoms. The first-order valence-electron chi connectivity index (χ1n) is 4.94. The van der Waals surface area contributed by atoms with Crippen LogP contribution < -0.4 is 0 Å². The Morgan fingerprint density at radius 1 is 1.18 bits per heavy atom. The molecular formula is C13H9Cl2NO. The molecule has 0 spiro atoms. The molecule has 1 N–H and O–H groups in total. The van der Waals surface area contributed by atoms with E-state index in [0.29, 0.717) is 21.3 Å². The van der Waals surface area contributed by atoms with E-state index in [2.05, 4.69) is 4.98 Å². The van der Waals surface area contributed by atoms with Crippen LogP contribution in [0.4, 0.5) is 0 Å². The SMILES string of the molecule is O/C(=C\c1ccccn1)c1ccc(Cl)cc1Cl. The molecule has 2 aromatic rings. The number of aliphatic hydroxyl groups is 1. The molecule has 0 radical (unpaired) electrons. The largest absolute Gasteiger partial charge is 0.507 e. The smallest absolute Gasteiger partial charge is 0.126 e. The minimum atomic E-state index is 0.0605. The summed E-state index contributed by atoms with van der Waals surface area (Å²) in [7, 11) is 0. The first-order chi connectivity index (χ1) is 8.16. The highest BCUT2D eigenvalue weighted by Crippen LogP contribution is 2.26. The van der Waals surface area contributed by atoms with E-state index in [1.807, 2.05) is 12.1 Å². The van der Waals surface area contributed by atoms with Crippen molar-refractivity contribution in [2.24, 2.45) is 0 Å². The Labute approximate surface area is 109 Å². The van der Waals surface area contributed by atoms with Gasteiger partial charge in [0.05, 0.1) is 10.7 Å². The first kappa shape index (κ1) is 12.0. The molecule has 0 amide bonds. The number of aromatic nitrogens is 1. The van der Waals surface area contributed by atoms with Gasteiger partial charge in [0.2, 0.25) is 0 Å². The number of nitrogens with zero attached hydrogens (tertiary/aromatic N) is 1. The van der Waals surface area contributed by atoms with E-state index < -0.39 is 0 Å². The highest BCUT2D eigenvalue weighted by Gasteiger charge is 2.05. The third kappa shape index (κ3) is 2.99. The molecular weight excluding hydrogens is 257 g/mol. The van der Waals surface area contributed by atoms with Crippen LogP contribution in [0.15, 0.2) is 42.6 Å². The fourth-order valence-electron chi connectivity index (χ4n) is 1.38. The molecule has 0 aliphatic rings. The van der Waals surface area contributed by atoms with Crippen LogP contribution in [0.3, 0.4) is 0 Å². The number of hydrogen-bond acceptors (Lipinski definition) is 2. The highest BCUT2D eigenvalue weighted by molar-refractivity contribution is 6.35. The van der Waals surface area contributed by atoms with Crippen molar-refractivity contribution in [3.8, 4) is 0 Å². The third-order valence-electron chi connectivity index (χ3n) is 2.18. The highest BCUT2D eigenvalue weighted by atomic mass is 35.5. The van der Waals surface area contributed by atoms with Crippen LogP contribution in [-0.2, 0) is 0 Å². The van der Waals surface area contributed by atoms with Crippen LogP contribution in [0, 0.1) is 0 Å². The van der Waals surface area contributed by atoms with Crippen LogP contribution in [0.1, 0.15) is 11.3 Å². The summed E-state index contributed by atoms with van der Waals surface area (Å²) in [4.78, 5) is 4.09. The summed E-state index contributed by atoms with van der Waals surface area (Å²) in [5.74, 6) is 0.0605. The van der Waals surface area contributed by atoms with Gasteiger partial charge in [0.15, 0.2) is 0 Å². The molecule has 1 aromatic heterocycles. The van der Waals surface area contributed by atoms with Gasteiger partial charge in [0.1, 0.15) is 5.76 Å². The van der Waals surface area contributed by atoms with Crippen LogP contribution >= 0.6 is 23.2 Å². The van der Waals surface area contributed by atoms with Crippen molar-refractivity contribution in [3.05, 3.63) is 63.9 Å². The standard InChI is InChI=1S/C13H9Cl2NO/c14-9-4-5-11(12(15)7-9)13(17)8-10-3-1-2-6-16-10/h1-8,17H/b13-8-. The second-order valence-electron chi connectivity index (χ2n) is 3.41. The van der Waals surface area contributed by atoms with Gasteiger partial charge in [-0.05, 0) is 30.3 Å². The van der Waals surface area contributed by atoms with Gasteiger partial charge in [-0.2, -0.15) is 0 Å². The van der Waals surface area contributed by atoms with Crippen molar-refractivity contribution in [2.75, 3.05) is 0 Å². The maximum Gasteiger partial charge on any atom is 0.126 e. The Bertz CT molecular complexity index is 553. The average Bonchev–Trinajstić information content (AvgIpc) is 2.30. The van der Waals surface area contributed by atoms with Gasteiger partial charge >= 0.3 is 0 Å². The number of halogens is 2. The summed E-state index contributed by atoms with van der Waals surface area (Å²) in [6, 6.07) is 10.4. The normalized spacial score (nSPS) is 11.5. The van der Waals surface area contributed by atoms with Gasteiger partial charge in [0, 0.05) is 22.9 Å². The lowest BCUT2D eigenvalue weighted by molar-refractivity contribution is 0.515. The molecule has 0 saturated carbocycles. The summed E-state index contributed by atoms with van der Waals surface area (Å²) >= 11 is 11.8. The Morgan fingerprint density at radius 3 is 2.65 bits per heavy atom. The van der Waals surface area contributed by atoms with E-state index in [1.165, 1.54) is 0 Å². The van der Waals surface area contributed by atoms with E-state index in [-0.39, 0.29) is 5.76 Å². The summed E-state index contributed by atoms with van der Waals surface area (Å²) < 4.78 is 0. The molecule has 0 aliphatic heterocycles. The minimum Gasteiger partial charge on any atom is -0.507 e. The maximum atomic E-state index is 9.94. The summed E-state index contributed by atoms with van der Waals surface area (Å²) in [6.45, 7) is 0. The van der Waals surface area contributed by atoms with E-state index in [4.69, 9.17) is 23.2 Å². The van der Waals surface area contributed by atoms with Gasteiger partial charge in [0.25, 0.3) is 0 Å². The number of pyridine rings is 1. The molecule has 0 saturated heterocycles. The predicted octanol–water partition coefficient (Wildman–Crippen LogP) is 4.44. The molecule has 2 nitrogen and oxygen atoms in total. The number of benzene rings is 1. The molecule has 0 aliphatic carbocycles. The number of hydrogen-bond donors (Lipinski definition) is 1. The average molecular weight is 266 g/mol. The zero-order chi connectivity index (χ0) is 12.3. The Morgan fingerprint density at radius 2 is 2.00 bits per heavy atom. The summed E-state index contributed by atoms with van der Waals surface area (Å²) in [5.41, 5.74) is 1.19. The summed E-state index contributed by atoms with van der Waals surface area (Å²) in [5, 5.41) is 10.9. The van der Waals surface area contributed by atoms with Crippen molar-refractivity contribution in [1.82, 2.24) is 4.98 Å². The molecule has 0 atom stereocenters. The molecule has 0 fully saturated rings. The van der Waals surface area contributed by atoms with Crippen molar-refractivity contribution >= 4 is 35.0 Å². The number of aliphatic hydroxyl groups excluding tert-OH is 1. The van der Waals surface area contributed by atoms with E-state index >= 15 is 0 Å². The fraction of sp³-hybridized carbons (Fsp3) is 0. The van der Waals surface area contributed by atoms with Crippen LogP contribution in [0.5, 0.6) is 0 Å². The molecule has 4 heteroatoms. The maximum absolute atomic E-state index is 9.94. The van der Waals surface area contributed by atoms with Gasteiger partial charge in [-0.1, -0.05) is 29.3 Å². The molecule has 1 aromatic carbocycles.